The van der Waals surface area contributed by atoms with E-state index in [0.29, 0.717) is 18.7 Å². The van der Waals surface area contributed by atoms with Crippen molar-refractivity contribution in [2.24, 2.45) is 11.7 Å². The fourth-order valence-electron chi connectivity index (χ4n) is 1.94. The number of methoxy groups -OCH3 is 1. The van der Waals surface area contributed by atoms with Gasteiger partial charge in [-0.25, -0.2) is 13.1 Å². The first kappa shape index (κ1) is 17.1. The molecule has 20 heavy (non-hydrogen) atoms. The summed E-state index contributed by atoms with van der Waals surface area (Å²) >= 11 is 0. The molecule has 0 saturated carbocycles. The molecular weight excluding hydrogens is 276 g/mol. The van der Waals surface area contributed by atoms with Crippen LogP contribution < -0.4 is 10.5 Å². The monoisotopic (exact) mass is 300 g/mol. The Morgan fingerprint density at radius 3 is 2.45 bits per heavy atom. The molecule has 5 nitrogen and oxygen atoms in total. The molecule has 0 aliphatic carbocycles. The van der Waals surface area contributed by atoms with Gasteiger partial charge in [-0.05, 0) is 30.0 Å². The van der Waals surface area contributed by atoms with E-state index in [9.17, 15) is 8.42 Å². The molecule has 1 rings (SSSR count). The summed E-state index contributed by atoms with van der Waals surface area (Å²) in [4.78, 5) is 0.288. The van der Waals surface area contributed by atoms with Gasteiger partial charge in [0.15, 0.2) is 0 Å². The third-order valence-electron chi connectivity index (χ3n) is 3.22. The molecule has 0 bridgehead atoms. The van der Waals surface area contributed by atoms with E-state index in [2.05, 4.69) is 4.72 Å². The molecule has 1 aromatic rings. The standard InChI is InChI=1S/C14H24N2O3S/c1-10(2)13(9-19-4)16-20(17,18)14-6-5-12(8-15)7-11(14)3/h5-7,10,13,16H,8-9,15H2,1-4H3. The highest BCUT2D eigenvalue weighted by molar-refractivity contribution is 7.89. The van der Waals surface area contributed by atoms with Crippen LogP contribution in [0.15, 0.2) is 23.1 Å². The van der Waals surface area contributed by atoms with Gasteiger partial charge in [0.25, 0.3) is 0 Å². The van der Waals surface area contributed by atoms with E-state index in [0.717, 1.165) is 5.56 Å². The van der Waals surface area contributed by atoms with Gasteiger partial charge in [-0.1, -0.05) is 26.0 Å². The molecule has 1 unspecified atom stereocenters. The lowest BCUT2D eigenvalue weighted by Crippen LogP contribution is -2.41. The third kappa shape index (κ3) is 4.28. The highest BCUT2D eigenvalue weighted by Crippen LogP contribution is 2.18. The van der Waals surface area contributed by atoms with Crippen LogP contribution in [0.2, 0.25) is 0 Å². The van der Waals surface area contributed by atoms with Crippen LogP contribution in [-0.2, 0) is 21.3 Å². The minimum Gasteiger partial charge on any atom is -0.383 e. The Morgan fingerprint density at radius 2 is 2.00 bits per heavy atom. The predicted molar refractivity (Wildman–Crippen MR) is 79.9 cm³/mol. The molecule has 0 heterocycles. The molecule has 0 aliphatic rings. The average Bonchev–Trinajstić information content (AvgIpc) is 2.37. The van der Waals surface area contributed by atoms with Crippen LogP contribution in [0.1, 0.15) is 25.0 Å². The van der Waals surface area contributed by atoms with E-state index in [4.69, 9.17) is 10.5 Å². The van der Waals surface area contributed by atoms with Crippen molar-refractivity contribution in [2.45, 2.75) is 38.3 Å². The predicted octanol–water partition coefficient (Wildman–Crippen LogP) is 1.40. The van der Waals surface area contributed by atoms with Crippen molar-refractivity contribution >= 4 is 10.0 Å². The van der Waals surface area contributed by atoms with E-state index >= 15 is 0 Å². The van der Waals surface area contributed by atoms with Crippen molar-refractivity contribution in [3.05, 3.63) is 29.3 Å². The van der Waals surface area contributed by atoms with E-state index < -0.39 is 10.0 Å². The van der Waals surface area contributed by atoms with E-state index in [1.807, 2.05) is 13.8 Å². The minimum absolute atomic E-state index is 0.147. The molecule has 1 atom stereocenters. The Morgan fingerprint density at radius 1 is 1.35 bits per heavy atom. The first-order chi connectivity index (χ1) is 9.31. The molecule has 0 fully saturated rings. The van der Waals surface area contributed by atoms with Crippen molar-refractivity contribution in [3.8, 4) is 0 Å². The van der Waals surface area contributed by atoms with Gasteiger partial charge in [0.1, 0.15) is 0 Å². The van der Waals surface area contributed by atoms with Gasteiger partial charge < -0.3 is 10.5 Å². The molecule has 3 N–H and O–H groups in total. The largest absolute Gasteiger partial charge is 0.383 e. The Kier molecular flexibility index (Phi) is 6.13. The number of hydrogen-bond donors (Lipinski definition) is 2. The number of aryl methyl sites for hydroxylation is 1. The van der Waals surface area contributed by atoms with Crippen LogP contribution >= 0.6 is 0 Å². The highest BCUT2D eigenvalue weighted by Gasteiger charge is 2.23. The summed E-state index contributed by atoms with van der Waals surface area (Å²) in [6, 6.07) is 4.89. The molecule has 0 spiro atoms. The summed E-state index contributed by atoms with van der Waals surface area (Å²) in [6.07, 6.45) is 0. The Balaban J connectivity index is 3.04. The number of nitrogens with one attached hydrogen (secondary N) is 1. The van der Waals surface area contributed by atoms with Crippen LogP contribution in [0.25, 0.3) is 0 Å². The van der Waals surface area contributed by atoms with Gasteiger partial charge in [-0.2, -0.15) is 0 Å². The van der Waals surface area contributed by atoms with Gasteiger partial charge in [0.2, 0.25) is 10.0 Å². The van der Waals surface area contributed by atoms with Crippen LogP contribution in [0.5, 0.6) is 0 Å². The molecule has 0 saturated heterocycles. The van der Waals surface area contributed by atoms with Gasteiger partial charge in [-0.15, -0.1) is 0 Å². The maximum absolute atomic E-state index is 12.4. The lowest BCUT2D eigenvalue weighted by molar-refractivity contribution is 0.157. The fraction of sp³-hybridized carbons (Fsp3) is 0.571. The first-order valence-corrected chi connectivity index (χ1v) is 8.11. The molecule has 0 aliphatic heterocycles. The van der Waals surface area contributed by atoms with Crippen molar-refractivity contribution in [1.82, 2.24) is 4.72 Å². The topological polar surface area (TPSA) is 81.4 Å². The van der Waals surface area contributed by atoms with E-state index in [1.54, 1.807) is 32.2 Å². The van der Waals surface area contributed by atoms with E-state index in [-0.39, 0.29) is 16.9 Å². The maximum Gasteiger partial charge on any atom is 0.241 e. The second-order valence-corrected chi connectivity index (χ2v) is 6.91. The Hall–Kier alpha value is -0.950. The lowest BCUT2D eigenvalue weighted by atomic mass is 10.1. The number of ether oxygens (including phenoxy) is 1. The zero-order valence-corrected chi connectivity index (χ0v) is 13.3. The summed E-state index contributed by atoms with van der Waals surface area (Å²) < 4.78 is 32.7. The third-order valence-corrected chi connectivity index (χ3v) is 4.87. The molecular formula is C14H24N2O3S. The molecule has 0 radical (unpaired) electrons. The number of rotatable bonds is 7. The van der Waals surface area contributed by atoms with Gasteiger partial charge in [0.05, 0.1) is 11.5 Å². The smallest absolute Gasteiger partial charge is 0.241 e. The number of nitrogens with two attached hydrogens (primary N) is 1. The summed E-state index contributed by atoms with van der Waals surface area (Å²) in [5.74, 6) is 0.147. The summed E-state index contributed by atoms with van der Waals surface area (Å²) in [7, 11) is -1.99. The lowest BCUT2D eigenvalue weighted by Gasteiger charge is -2.22. The van der Waals surface area contributed by atoms with E-state index in [1.165, 1.54) is 0 Å². The average molecular weight is 300 g/mol. The Labute approximate surface area is 121 Å². The molecule has 0 amide bonds. The second kappa shape index (κ2) is 7.17. The van der Waals surface area contributed by atoms with Crippen LogP contribution in [0.3, 0.4) is 0 Å². The number of benzene rings is 1. The normalized spacial score (nSPS) is 13.7. The SMILES string of the molecule is COCC(NS(=O)(=O)c1ccc(CN)cc1C)C(C)C. The summed E-state index contributed by atoms with van der Waals surface area (Å²) in [6.45, 7) is 6.42. The first-order valence-electron chi connectivity index (χ1n) is 6.62. The molecule has 6 heteroatoms. The van der Waals surface area contributed by atoms with Gasteiger partial charge in [-0.3, -0.25) is 0 Å². The maximum atomic E-state index is 12.4. The zero-order chi connectivity index (χ0) is 15.3. The molecule has 0 aromatic heterocycles. The van der Waals surface area contributed by atoms with Crippen LogP contribution in [-0.4, -0.2) is 28.2 Å². The van der Waals surface area contributed by atoms with Crippen molar-refractivity contribution < 1.29 is 13.2 Å². The quantitative estimate of drug-likeness (QED) is 0.797. The van der Waals surface area contributed by atoms with Crippen LogP contribution in [0.4, 0.5) is 0 Å². The van der Waals surface area contributed by atoms with Crippen LogP contribution in [0, 0.1) is 12.8 Å². The summed E-state index contributed by atoms with van der Waals surface area (Å²) in [5.41, 5.74) is 7.17. The van der Waals surface area contributed by atoms with Crippen molar-refractivity contribution in [2.75, 3.05) is 13.7 Å². The minimum atomic E-state index is -3.55. The molecule has 114 valence electrons. The van der Waals surface area contributed by atoms with Crippen molar-refractivity contribution in [1.29, 1.82) is 0 Å². The fourth-order valence-corrected chi connectivity index (χ4v) is 3.54. The Bertz CT molecular complexity index is 541. The molecule has 1 aromatic carbocycles. The van der Waals surface area contributed by atoms with Gasteiger partial charge in [0, 0.05) is 19.7 Å². The second-order valence-electron chi connectivity index (χ2n) is 5.23. The number of sulfonamides is 1. The van der Waals surface area contributed by atoms with Gasteiger partial charge >= 0.3 is 0 Å². The number of hydrogen-bond acceptors (Lipinski definition) is 4. The van der Waals surface area contributed by atoms with Crippen molar-refractivity contribution in [3.63, 3.8) is 0 Å². The summed E-state index contributed by atoms with van der Waals surface area (Å²) in [5, 5.41) is 0. The highest BCUT2D eigenvalue weighted by atomic mass is 32.2. The zero-order valence-electron chi connectivity index (χ0n) is 12.5.